The van der Waals surface area contributed by atoms with Gasteiger partial charge in [-0.25, -0.2) is 4.79 Å². The summed E-state index contributed by atoms with van der Waals surface area (Å²) in [7, 11) is 1.50. The van der Waals surface area contributed by atoms with Crippen LogP contribution in [-0.4, -0.2) is 42.6 Å². The Bertz CT molecular complexity index is 973. The number of carbonyl (C=O) groups is 3. The fourth-order valence-electron chi connectivity index (χ4n) is 3.16. The molecular formula is C21H21N3O5. The van der Waals surface area contributed by atoms with Crippen molar-refractivity contribution in [3.63, 3.8) is 0 Å². The summed E-state index contributed by atoms with van der Waals surface area (Å²) < 4.78 is 10.4. The predicted molar refractivity (Wildman–Crippen MR) is 108 cm³/mol. The van der Waals surface area contributed by atoms with Crippen LogP contribution in [0.4, 0.5) is 11.4 Å². The number of hydrogen-bond donors (Lipinski definition) is 1. The number of methoxy groups -OCH3 is 1. The molecule has 0 unspecified atom stereocenters. The van der Waals surface area contributed by atoms with Crippen LogP contribution < -0.4 is 15.1 Å². The van der Waals surface area contributed by atoms with E-state index in [9.17, 15) is 14.4 Å². The number of nitrogens with zero attached hydrogens (tertiary/aromatic N) is 2. The molecule has 8 heteroatoms. The fourth-order valence-corrected chi connectivity index (χ4v) is 3.16. The molecule has 0 bridgehead atoms. The van der Waals surface area contributed by atoms with Gasteiger partial charge in [-0.15, -0.1) is 0 Å². The lowest BCUT2D eigenvalue weighted by Crippen LogP contribution is -2.55. The van der Waals surface area contributed by atoms with Gasteiger partial charge in [-0.05, 0) is 38.1 Å². The van der Waals surface area contributed by atoms with Crippen molar-refractivity contribution < 1.29 is 23.9 Å². The van der Waals surface area contributed by atoms with Gasteiger partial charge in [-0.3, -0.25) is 19.9 Å². The molecule has 1 fully saturated rings. The molecular weight excluding hydrogens is 374 g/mol. The molecule has 1 amide bonds. The van der Waals surface area contributed by atoms with Crippen LogP contribution in [0.5, 0.6) is 5.75 Å². The number of benzene rings is 2. The van der Waals surface area contributed by atoms with Gasteiger partial charge in [0.2, 0.25) is 0 Å². The first kappa shape index (κ1) is 20.1. The van der Waals surface area contributed by atoms with Crippen molar-refractivity contribution in [2.24, 2.45) is 5.10 Å². The smallest absolute Gasteiger partial charge is 0.338 e. The number of esters is 1. The molecule has 29 heavy (non-hydrogen) atoms. The summed E-state index contributed by atoms with van der Waals surface area (Å²) in [6.45, 7) is 3.19. The maximum atomic E-state index is 12.9. The number of Topliss-reactive ketones (excluding diaryl/α,β-unsaturated/α-hetero) is 1. The maximum absolute atomic E-state index is 12.9. The van der Waals surface area contributed by atoms with E-state index >= 15 is 0 Å². The van der Waals surface area contributed by atoms with Gasteiger partial charge in [0.05, 0.1) is 19.4 Å². The third kappa shape index (κ3) is 3.44. The standard InChI is InChI=1S/C21H21N3O5/c1-4-29-20(27)21(2)18(23-22-15-12-8-9-13-16(15)28-3)17(25)19(26)24(21)14-10-6-5-7-11-14/h5-13,22H,4H2,1-3H3/b23-18-/t21-/m0/s1. The first-order chi connectivity index (χ1) is 13.9. The van der Waals surface area contributed by atoms with Crippen LogP contribution in [0.25, 0.3) is 0 Å². The maximum Gasteiger partial charge on any atom is 0.338 e. The van der Waals surface area contributed by atoms with Gasteiger partial charge in [0.1, 0.15) is 5.75 Å². The Morgan fingerprint density at radius 1 is 1.10 bits per heavy atom. The molecule has 0 spiro atoms. The Labute approximate surface area is 168 Å². The summed E-state index contributed by atoms with van der Waals surface area (Å²) in [5.41, 5.74) is 1.63. The first-order valence-electron chi connectivity index (χ1n) is 9.03. The zero-order valence-corrected chi connectivity index (χ0v) is 16.3. The quantitative estimate of drug-likeness (QED) is 0.458. The predicted octanol–water partition coefficient (Wildman–Crippen LogP) is 2.40. The van der Waals surface area contributed by atoms with Crippen LogP contribution in [0.15, 0.2) is 59.7 Å². The number of para-hydroxylation sites is 3. The number of hydrogen-bond acceptors (Lipinski definition) is 7. The minimum absolute atomic E-state index is 0.0899. The minimum Gasteiger partial charge on any atom is -0.495 e. The van der Waals surface area contributed by atoms with E-state index in [0.29, 0.717) is 17.1 Å². The van der Waals surface area contributed by atoms with E-state index in [2.05, 4.69) is 10.5 Å². The van der Waals surface area contributed by atoms with Gasteiger partial charge in [0.25, 0.3) is 5.78 Å². The van der Waals surface area contributed by atoms with E-state index in [1.54, 1.807) is 61.5 Å². The molecule has 1 N–H and O–H groups in total. The lowest BCUT2D eigenvalue weighted by molar-refractivity contribution is -0.147. The van der Waals surface area contributed by atoms with Crippen LogP contribution in [0, 0.1) is 0 Å². The fraction of sp³-hybridized carbons (Fsp3) is 0.238. The molecule has 1 aliphatic heterocycles. The summed E-state index contributed by atoms with van der Waals surface area (Å²) in [5.74, 6) is -1.99. The van der Waals surface area contributed by atoms with E-state index < -0.39 is 23.2 Å². The van der Waals surface area contributed by atoms with Gasteiger partial charge in [0.15, 0.2) is 11.3 Å². The number of carbonyl (C=O) groups excluding carboxylic acids is 3. The first-order valence-corrected chi connectivity index (χ1v) is 9.03. The van der Waals surface area contributed by atoms with Gasteiger partial charge in [-0.1, -0.05) is 30.3 Å². The number of anilines is 2. The molecule has 0 aromatic heterocycles. The third-order valence-electron chi connectivity index (χ3n) is 4.60. The minimum atomic E-state index is -1.72. The second kappa shape index (κ2) is 8.14. The highest BCUT2D eigenvalue weighted by molar-refractivity contribution is 6.75. The van der Waals surface area contributed by atoms with E-state index in [-0.39, 0.29) is 12.3 Å². The highest BCUT2D eigenvalue weighted by Crippen LogP contribution is 2.33. The summed E-state index contributed by atoms with van der Waals surface area (Å²) in [6.07, 6.45) is 0. The third-order valence-corrected chi connectivity index (χ3v) is 4.60. The van der Waals surface area contributed by atoms with Crippen molar-refractivity contribution in [1.82, 2.24) is 0 Å². The highest BCUT2D eigenvalue weighted by atomic mass is 16.5. The number of ether oxygens (including phenoxy) is 2. The molecule has 2 aromatic carbocycles. The van der Waals surface area contributed by atoms with Crippen molar-refractivity contribution in [3.05, 3.63) is 54.6 Å². The van der Waals surface area contributed by atoms with E-state index in [1.807, 2.05) is 0 Å². The Morgan fingerprint density at radius 3 is 2.41 bits per heavy atom. The van der Waals surface area contributed by atoms with Gasteiger partial charge in [0, 0.05) is 5.69 Å². The summed E-state index contributed by atoms with van der Waals surface area (Å²) in [6, 6.07) is 15.4. The average Bonchev–Trinajstić information content (AvgIpc) is 2.93. The van der Waals surface area contributed by atoms with Crippen LogP contribution in [-0.2, 0) is 19.1 Å². The lowest BCUT2D eigenvalue weighted by atomic mass is 9.95. The van der Waals surface area contributed by atoms with Crippen LogP contribution >= 0.6 is 0 Å². The normalized spacial score (nSPS) is 20.1. The Kier molecular flexibility index (Phi) is 5.63. The molecule has 2 aromatic rings. The molecule has 8 nitrogen and oxygen atoms in total. The number of rotatable bonds is 6. The molecule has 1 atom stereocenters. The number of amides is 1. The summed E-state index contributed by atoms with van der Waals surface area (Å²) in [4.78, 5) is 39.6. The summed E-state index contributed by atoms with van der Waals surface area (Å²) >= 11 is 0. The van der Waals surface area contributed by atoms with Crippen molar-refractivity contribution in [2.75, 3.05) is 24.0 Å². The molecule has 0 aliphatic carbocycles. The number of hydrazone groups is 1. The van der Waals surface area contributed by atoms with Gasteiger partial charge < -0.3 is 9.47 Å². The SMILES string of the molecule is CCOC(=O)[C@]1(C)/C(=N\Nc2ccccc2OC)C(=O)C(=O)N1c1ccccc1. The van der Waals surface area contributed by atoms with Crippen LogP contribution in [0.2, 0.25) is 0 Å². The average molecular weight is 395 g/mol. The zero-order valence-electron chi connectivity index (χ0n) is 16.3. The van der Waals surface area contributed by atoms with E-state index in [4.69, 9.17) is 9.47 Å². The van der Waals surface area contributed by atoms with Crippen molar-refractivity contribution >= 4 is 34.7 Å². The van der Waals surface area contributed by atoms with E-state index in [0.717, 1.165) is 4.90 Å². The van der Waals surface area contributed by atoms with Gasteiger partial charge in [-0.2, -0.15) is 5.10 Å². The lowest BCUT2D eigenvalue weighted by Gasteiger charge is -2.31. The monoisotopic (exact) mass is 395 g/mol. The van der Waals surface area contributed by atoms with Crippen molar-refractivity contribution in [1.29, 1.82) is 0 Å². The van der Waals surface area contributed by atoms with Gasteiger partial charge >= 0.3 is 11.9 Å². The van der Waals surface area contributed by atoms with Crippen molar-refractivity contribution in [3.8, 4) is 5.75 Å². The highest BCUT2D eigenvalue weighted by Gasteiger charge is 2.60. The topological polar surface area (TPSA) is 97.3 Å². The molecule has 1 aliphatic rings. The molecule has 0 saturated carbocycles. The van der Waals surface area contributed by atoms with Crippen molar-refractivity contribution in [2.45, 2.75) is 19.4 Å². The molecule has 1 heterocycles. The molecule has 3 rings (SSSR count). The van der Waals surface area contributed by atoms with Crippen LogP contribution in [0.3, 0.4) is 0 Å². The molecule has 150 valence electrons. The summed E-state index contributed by atoms with van der Waals surface area (Å²) in [5, 5.41) is 4.14. The zero-order chi connectivity index (χ0) is 21.0. The Morgan fingerprint density at radius 2 is 1.76 bits per heavy atom. The Balaban J connectivity index is 2.10. The molecule has 1 saturated heterocycles. The van der Waals surface area contributed by atoms with E-state index in [1.165, 1.54) is 14.0 Å². The second-order valence-corrected chi connectivity index (χ2v) is 6.37. The van der Waals surface area contributed by atoms with Crippen LogP contribution in [0.1, 0.15) is 13.8 Å². The molecule has 0 radical (unpaired) electrons. The second-order valence-electron chi connectivity index (χ2n) is 6.37. The number of nitrogens with one attached hydrogen (secondary N) is 1. The number of ketones is 1. The Hall–Kier alpha value is -3.68. The largest absolute Gasteiger partial charge is 0.495 e.